The highest BCUT2D eigenvalue weighted by molar-refractivity contribution is 9.10. The van der Waals surface area contributed by atoms with Crippen LogP contribution in [0.5, 0.6) is 0 Å². The Kier molecular flexibility index (Phi) is 4.14. The molecule has 2 rings (SSSR count). The van der Waals surface area contributed by atoms with Gasteiger partial charge in [0.2, 0.25) is 0 Å². The minimum atomic E-state index is -0.445. The third kappa shape index (κ3) is 2.47. The van der Waals surface area contributed by atoms with E-state index in [2.05, 4.69) is 15.9 Å². The van der Waals surface area contributed by atoms with Gasteiger partial charge in [0.05, 0.1) is 11.3 Å². The van der Waals surface area contributed by atoms with Gasteiger partial charge in [0.1, 0.15) is 0 Å². The fourth-order valence-corrected chi connectivity index (χ4v) is 2.31. The van der Waals surface area contributed by atoms with E-state index in [1.165, 1.54) is 4.90 Å². The number of amides is 1. The second kappa shape index (κ2) is 5.63. The van der Waals surface area contributed by atoms with Gasteiger partial charge in [-0.1, -0.05) is 15.9 Å². The lowest BCUT2D eigenvalue weighted by Crippen LogP contribution is -2.31. The van der Waals surface area contributed by atoms with E-state index in [0.717, 1.165) is 10.9 Å². The molecule has 1 aromatic rings. The quantitative estimate of drug-likeness (QED) is 0.619. The number of carbonyl (C=O) groups is 2. The monoisotopic (exact) mass is 311 g/mol. The predicted molar refractivity (Wildman–Crippen MR) is 71.9 cm³/mol. The molecule has 0 aliphatic carbocycles. The van der Waals surface area contributed by atoms with Crippen LogP contribution in [0.2, 0.25) is 0 Å². The smallest absolute Gasteiger partial charge is 0.299 e. The summed E-state index contributed by atoms with van der Waals surface area (Å²) in [5.74, 6) is -0.867. The highest BCUT2D eigenvalue weighted by Crippen LogP contribution is 2.31. The number of rotatable bonds is 5. The molecule has 0 bridgehead atoms. The van der Waals surface area contributed by atoms with Gasteiger partial charge in [0, 0.05) is 24.2 Å². The van der Waals surface area contributed by atoms with Crippen molar-refractivity contribution in [2.24, 2.45) is 0 Å². The fraction of sp³-hybridized carbons (Fsp3) is 0.385. The first-order chi connectivity index (χ1) is 8.65. The molecule has 0 fully saturated rings. The number of ether oxygens (including phenoxy) is 1. The van der Waals surface area contributed by atoms with Crippen molar-refractivity contribution >= 4 is 33.3 Å². The zero-order valence-electron chi connectivity index (χ0n) is 10.1. The minimum absolute atomic E-state index is 0.422. The second-order valence-electron chi connectivity index (χ2n) is 4.00. The number of anilines is 1. The average molecular weight is 312 g/mol. The molecule has 1 aromatic carbocycles. The Morgan fingerprint density at radius 3 is 2.83 bits per heavy atom. The van der Waals surface area contributed by atoms with E-state index in [1.54, 1.807) is 18.2 Å². The molecule has 96 valence electrons. The van der Waals surface area contributed by atoms with Crippen LogP contribution >= 0.6 is 15.9 Å². The summed E-state index contributed by atoms with van der Waals surface area (Å²) in [7, 11) is 0. The van der Waals surface area contributed by atoms with E-state index < -0.39 is 11.7 Å². The van der Waals surface area contributed by atoms with Crippen LogP contribution in [0.4, 0.5) is 5.69 Å². The van der Waals surface area contributed by atoms with Crippen LogP contribution in [0, 0.1) is 0 Å². The lowest BCUT2D eigenvalue weighted by Gasteiger charge is -2.16. The van der Waals surface area contributed by atoms with E-state index in [9.17, 15) is 9.59 Å². The van der Waals surface area contributed by atoms with Crippen molar-refractivity contribution < 1.29 is 14.3 Å². The Bertz CT molecular complexity index is 487. The van der Waals surface area contributed by atoms with Gasteiger partial charge in [-0.05, 0) is 31.5 Å². The maximum Gasteiger partial charge on any atom is 0.299 e. The summed E-state index contributed by atoms with van der Waals surface area (Å²) in [4.78, 5) is 25.2. The van der Waals surface area contributed by atoms with Gasteiger partial charge in [0.15, 0.2) is 0 Å². The Morgan fingerprint density at radius 2 is 2.11 bits per heavy atom. The molecule has 0 N–H and O–H groups in total. The lowest BCUT2D eigenvalue weighted by molar-refractivity contribution is -0.114. The summed E-state index contributed by atoms with van der Waals surface area (Å²) < 4.78 is 6.09. The van der Waals surface area contributed by atoms with Crippen molar-refractivity contribution in [2.45, 2.75) is 13.3 Å². The largest absolute Gasteiger partial charge is 0.382 e. The molecule has 0 unspecified atom stereocenters. The summed E-state index contributed by atoms with van der Waals surface area (Å²) >= 11 is 3.35. The number of carbonyl (C=O) groups excluding carboxylic acids is 2. The Hall–Kier alpha value is -1.20. The Balaban J connectivity index is 2.14. The molecule has 0 aromatic heterocycles. The average Bonchev–Trinajstić information content (AvgIpc) is 2.59. The summed E-state index contributed by atoms with van der Waals surface area (Å²) in [5.41, 5.74) is 1.18. The van der Waals surface area contributed by atoms with Gasteiger partial charge >= 0.3 is 0 Å². The van der Waals surface area contributed by atoms with Crippen LogP contribution in [0.25, 0.3) is 0 Å². The molecule has 0 spiro atoms. The third-order valence-electron chi connectivity index (χ3n) is 2.81. The molecule has 18 heavy (non-hydrogen) atoms. The van der Waals surface area contributed by atoms with Crippen LogP contribution in [-0.4, -0.2) is 31.4 Å². The molecule has 5 heteroatoms. The number of halogens is 1. The second-order valence-corrected chi connectivity index (χ2v) is 4.91. The summed E-state index contributed by atoms with van der Waals surface area (Å²) in [5, 5.41) is 0. The van der Waals surface area contributed by atoms with Crippen molar-refractivity contribution in [2.75, 3.05) is 24.7 Å². The van der Waals surface area contributed by atoms with Crippen LogP contribution in [0.15, 0.2) is 22.7 Å². The predicted octanol–water partition coefficient (Wildman–Crippen LogP) is 2.41. The van der Waals surface area contributed by atoms with Crippen molar-refractivity contribution in [1.82, 2.24) is 0 Å². The van der Waals surface area contributed by atoms with Gasteiger partial charge in [-0.3, -0.25) is 9.59 Å². The molecule has 0 saturated heterocycles. The lowest BCUT2D eigenvalue weighted by atomic mass is 10.1. The third-order valence-corrected chi connectivity index (χ3v) is 3.30. The van der Waals surface area contributed by atoms with Crippen molar-refractivity contribution in [1.29, 1.82) is 0 Å². The van der Waals surface area contributed by atoms with Crippen LogP contribution in [0.3, 0.4) is 0 Å². The van der Waals surface area contributed by atoms with Crippen LogP contribution < -0.4 is 4.90 Å². The molecule has 4 nitrogen and oxygen atoms in total. The number of benzene rings is 1. The number of nitrogens with zero attached hydrogens (tertiary/aromatic N) is 1. The summed E-state index contributed by atoms with van der Waals surface area (Å²) in [6.07, 6.45) is 0.721. The zero-order chi connectivity index (χ0) is 13.1. The summed E-state index contributed by atoms with van der Waals surface area (Å²) in [6, 6.07) is 5.26. The standard InChI is InChI=1S/C13H14BrNO3/c1-2-18-7-3-6-15-11-8-9(14)4-5-10(11)12(16)13(15)17/h4-5,8H,2-3,6-7H2,1H3. The number of fused-ring (bicyclic) bond motifs is 1. The van der Waals surface area contributed by atoms with Crippen molar-refractivity contribution in [3.63, 3.8) is 0 Å². The SMILES string of the molecule is CCOCCCN1C(=O)C(=O)c2ccc(Br)cc21. The van der Waals surface area contributed by atoms with Crippen molar-refractivity contribution in [3.05, 3.63) is 28.2 Å². The minimum Gasteiger partial charge on any atom is -0.382 e. The molecule has 1 heterocycles. The number of hydrogen-bond donors (Lipinski definition) is 0. The van der Waals surface area contributed by atoms with Crippen molar-refractivity contribution in [3.8, 4) is 0 Å². The first kappa shape index (κ1) is 13.2. The molecule has 1 aliphatic rings. The molecular weight excluding hydrogens is 298 g/mol. The molecule has 1 amide bonds. The highest BCUT2D eigenvalue weighted by Gasteiger charge is 2.35. The first-order valence-corrected chi connectivity index (χ1v) is 6.68. The zero-order valence-corrected chi connectivity index (χ0v) is 11.7. The van der Waals surface area contributed by atoms with Gasteiger partial charge in [-0.25, -0.2) is 0 Å². The van der Waals surface area contributed by atoms with E-state index in [1.807, 2.05) is 6.92 Å². The van der Waals surface area contributed by atoms with Gasteiger partial charge in [-0.2, -0.15) is 0 Å². The number of ketones is 1. The van der Waals surface area contributed by atoms with Gasteiger partial charge in [-0.15, -0.1) is 0 Å². The molecule has 1 aliphatic heterocycles. The Labute approximate surface area is 114 Å². The maximum absolute atomic E-state index is 11.9. The molecular formula is C13H14BrNO3. The maximum atomic E-state index is 11.9. The van der Waals surface area contributed by atoms with Gasteiger partial charge in [0.25, 0.3) is 11.7 Å². The topological polar surface area (TPSA) is 46.6 Å². The van der Waals surface area contributed by atoms with Crippen LogP contribution in [0.1, 0.15) is 23.7 Å². The molecule has 0 radical (unpaired) electrons. The van der Waals surface area contributed by atoms with E-state index in [4.69, 9.17) is 4.74 Å². The highest BCUT2D eigenvalue weighted by atomic mass is 79.9. The Morgan fingerprint density at radius 1 is 1.33 bits per heavy atom. The van der Waals surface area contributed by atoms with E-state index in [-0.39, 0.29) is 0 Å². The molecule has 0 atom stereocenters. The normalized spacial score (nSPS) is 14.2. The van der Waals surface area contributed by atoms with Crippen LogP contribution in [-0.2, 0) is 9.53 Å². The fourth-order valence-electron chi connectivity index (χ4n) is 1.96. The first-order valence-electron chi connectivity index (χ1n) is 5.88. The van der Waals surface area contributed by atoms with E-state index in [0.29, 0.717) is 31.0 Å². The summed E-state index contributed by atoms with van der Waals surface area (Å²) in [6.45, 7) is 3.69. The number of Topliss-reactive ketones (excluding diaryl/α,β-unsaturated/α-hetero) is 1. The van der Waals surface area contributed by atoms with Gasteiger partial charge < -0.3 is 9.64 Å². The van der Waals surface area contributed by atoms with E-state index >= 15 is 0 Å². The number of hydrogen-bond acceptors (Lipinski definition) is 3. The molecule has 0 saturated carbocycles.